The van der Waals surface area contributed by atoms with Gasteiger partial charge in [0.25, 0.3) is 0 Å². The van der Waals surface area contributed by atoms with E-state index in [-0.39, 0.29) is 17.1 Å². The lowest BCUT2D eigenvalue weighted by Gasteiger charge is -2.20. The van der Waals surface area contributed by atoms with Crippen LogP contribution in [0.25, 0.3) is 0 Å². The molecule has 1 aliphatic rings. The summed E-state index contributed by atoms with van der Waals surface area (Å²) in [6, 6.07) is 0. The quantitative estimate of drug-likeness (QED) is 0.639. The molecule has 2 unspecified atom stereocenters. The van der Waals surface area contributed by atoms with Crippen LogP contribution in [0.4, 0.5) is 0 Å². The molecule has 1 aliphatic carbocycles. The van der Waals surface area contributed by atoms with Crippen molar-refractivity contribution >= 4 is 0 Å². The summed E-state index contributed by atoms with van der Waals surface area (Å²) < 4.78 is 15.9. The van der Waals surface area contributed by atoms with Crippen molar-refractivity contribution in [3.8, 4) is 0 Å². The predicted molar refractivity (Wildman–Crippen MR) is 55.1 cm³/mol. The molecule has 0 N–H and O–H groups in total. The summed E-state index contributed by atoms with van der Waals surface area (Å²) in [5.74, 6) is 0. The second-order valence-electron chi connectivity index (χ2n) is 4.86. The van der Waals surface area contributed by atoms with E-state index < -0.39 is 0 Å². The second kappa shape index (κ2) is 3.80. The van der Waals surface area contributed by atoms with Crippen LogP contribution in [-0.4, -0.2) is 33.7 Å². The Morgan fingerprint density at radius 1 is 1.07 bits per heavy atom. The molecular weight excluding hydrogens is 180 g/mol. The fraction of sp³-hybridized carbons (Fsp3) is 1.00. The molecule has 1 saturated carbocycles. The van der Waals surface area contributed by atoms with Crippen LogP contribution in [0.1, 0.15) is 27.2 Å². The summed E-state index contributed by atoms with van der Waals surface area (Å²) in [5, 5.41) is 0. The van der Waals surface area contributed by atoms with Gasteiger partial charge in [0, 0.05) is 33.2 Å². The van der Waals surface area contributed by atoms with Crippen LogP contribution in [0.3, 0.4) is 0 Å². The molecule has 0 amide bonds. The van der Waals surface area contributed by atoms with Crippen LogP contribution >= 0.6 is 0 Å². The highest BCUT2D eigenvalue weighted by Crippen LogP contribution is 2.67. The Hall–Kier alpha value is -0.120. The number of methoxy groups -OCH3 is 3. The first-order valence-electron chi connectivity index (χ1n) is 5.02. The first kappa shape index (κ1) is 12.0. The van der Waals surface area contributed by atoms with Crippen molar-refractivity contribution in [1.82, 2.24) is 0 Å². The fourth-order valence-electron chi connectivity index (χ4n) is 2.55. The largest absolute Gasteiger partial charge is 0.380 e. The Morgan fingerprint density at radius 3 is 1.86 bits per heavy atom. The molecule has 0 saturated heterocycles. The number of hydrogen-bond acceptors (Lipinski definition) is 3. The molecule has 0 aromatic heterocycles. The molecule has 3 nitrogen and oxygen atoms in total. The van der Waals surface area contributed by atoms with E-state index >= 15 is 0 Å². The Bertz CT molecular complexity index is 199. The van der Waals surface area contributed by atoms with Gasteiger partial charge >= 0.3 is 0 Å². The van der Waals surface area contributed by atoms with Crippen LogP contribution < -0.4 is 0 Å². The summed E-state index contributed by atoms with van der Waals surface area (Å²) >= 11 is 0. The van der Waals surface area contributed by atoms with Crippen LogP contribution in [0.5, 0.6) is 0 Å². The molecule has 1 fully saturated rings. The highest BCUT2D eigenvalue weighted by molar-refractivity contribution is 5.16. The lowest BCUT2D eigenvalue weighted by Crippen LogP contribution is -2.20. The Balaban J connectivity index is 2.61. The van der Waals surface area contributed by atoms with Gasteiger partial charge in [-0.05, 0) is 5.41 Å². The highest BCUT2D eigenvalue weighted by Gasteiger charge is 2.69. The monoisotopic (exact) mass is 202 g/mol. The molecule has 14 heavy (non-hydrogen) atoms. The second-order valence-corrected chi connectivity index (χ2v) is 4.86. The van der Waals surface area contributed by atoms with Gasteiger partial charge in [-0.1, -0.05) is 20.8 Å². The van der Waals surface area contributed by atoms with E-state index in [1.54, 1.807) is 21.3 Å². The van der Waals surface area contributed by atoms with E-state index in [2.05, 4.69) is 20.8 Å². The molecule has 3 heteroatoms. The average Bonchev–Trinajstić information content (AvgIpc) is 2.56. The van der Waals surface area contributed by atoms with Gasteiger partial charge in [0.1, 0.15) is 0 Å². The van der Waals surface area contributed by atoms with E-state index in [4.69, 9.17) is 14.2 Å². The molecule has 0 heterocycles. The summed E-state index contributed by atoms with van der Waals surface area (Å²) in [7, 11) is 5.12. The molecule has 0 aromatic rings. The van der Waals surface area contributed by atoms with E-state index in [0.29, 0.717) is 6.10 Å². The van der Waals surface area contributed by atoms with Gasteiger partial charge in [-0.15, -0.1) is 0 Å². The molecule has 0 aromatic carbocycles. The Morgan fingerprint density at radius 2 is 1.57 bits per heavy atom. The standard InChI is InChI=1S/C11H22O3/c1-10(2)9(14-6)11(10,3)7-8(12-4)13-5/h8-9H,7H2,1-6H3. The van der Waals surface area contributed by atoms with Gasteiger partial charge in [0.15, 0.2) is 6.29 Å². The highest BCUT2D eigenvalue weighted by atomic mass is 16.7. The zero-order valence-corrected chi connectivity index (χ0v) is 10.1. The summed E-state index contributed by atoms with van der Waals surface area (Å²) in [5.41, 5.74) is 0.384. The predicted octanol–water partition coefficient (Wildman–Crippen LogP) is 2.06. The minimum Gasteiger partial charge on any atom is -0.380 e. The van der Waals surface area contributed by atoms with Crippen molar-refractivity contribution in [3.63, 3.8) is 0 Å². The van der Waals surface area contributed by atoms with Crippen molar-refractivity contribution in [1.29, 1.82) is 0 Å². The van der Waals surface area contributed by atoms with Crippen molar-refractivity contribution < 1.29 is 14.2 Å². The minimum atomic E-state index is -0.126. The smallest absolute Gasteiger partial charge is 0.157 e. The first-order chi connectivity index (χ1) is 6.44. The molecule has 0 aliphatic heterocycles. The topological polar surface area (TPSA) is 27.7 Å². The molecule has 2 atom stereocenters. The Kier molecular flexibility index (Phi) is 3.24. The van der Waals surface area contributed by atoms with Gasteiger partial charge in [-0.25, -0.2) is 0 Å². The maximum atomic E-state index is 5.47. The van der Waals surface area contributed by atoms with Gasteiger partial charge in [0.2, 0.25) is 0 Å². The zero-order valence-electron chi connectivity index (χ0n) is 10.1. The molecule has 0 spiro atoms. The lowest BCUT2D eigenvalue weighted by molar-refractivity contribution is -0.119. The third-order valence-corrected chi connectivity index (χ3v) is 3.97. The van der Waals surface area contributed by atoms with Crippen LogP contribution in [0.2, 0.25) is 0 Å². The normalized spacial score (nSPS) is 34.9. The summed E-state index contributed by atoms with van der Waals surface area (Å²) in [6.07, 6.45) is 1.06. The van der Waals surface area contributed by atoms with Crippen LogP contribution in [0, 0.1) is 10.8 Å². The molecule has 0 bridgehead atoms. The number of hydrogen-bond donors (Lipinski definition) is 0. The van der Waals surface area contributed by atoms with Crippen molar-refractivity contribution in [2.45, 2.75) is 39.6 Å². The number of ether oxygens (including phenoxy) is 3. The van der Waals surface area contributed by atoms with E-state index in [1.165, 1.54) is 0 Å². The van der Waals surface area contributed by atoms with Crippen LogP contribution in [0.15, 0.2) is 0 Å². The van der Waals surface area contributed by atoms with E-state index in [0.717, 1.165) is 6.42 Å². The van der Waals surface area contributed by atoms with Crippen LogP contribution in [-0.2, 0) is 14.2 Å². The Labute approximate surface area is 86.7 Å². The number of rotatable bonds is 5. The third-order valence-electron chi connectivity index (χ3n) is 3.97. The molecular formula is C11H22O3. The summed E-state index contributed by atoms with van der Waals surface area (Å²) in [4.78, 5) is 0. The maximum absolute atomic E-state index is 5.47. The summed E-state index contributed by atoms with van der Waals surface area (Å²) in [6.45, 7) is 6.68. The van der Waals surface area contributed by atoms with Gasteiger partial charge < -0.3 is 14.2 Å². The van der Waals surface area contributed by atoms with Crippen molar-refractivity contribution in [2.24, 2.45) is 10.8 Å². The maximum Gasteiger partial charge on any atom is 0.157 e. The average molecular weight is 202 g/mol. The first-order valence-corrected chi connectivity index (χ1v) is 5.02. The van der Waals surface area contributed by atoms with E-state index in [9.17, 15) is 0 Å². The molecule has 1 rings (SSSR count). The van der Waals surface area contributed by atoms with Crippen molar-refractivity contribution in [3.05, 3.63) is 0 Å². The van der Waals surface area contributed by atoms with E-state index in [1.807, 2.05) is 0 Å². The third kappa shape index (κ3) is 1.58. The fourth-order valence-corrected chi connectivity index (χ4v) is 2.55. The van der Waals surface area contributed by atoms with Gasteiger partial charge in [0.05, 0.1) is 6.10 Å². The van der Waals surface area contributed by atoms with Crippen molar-refractivity contribution in [2.75, 3.05) is 21.3 Å². The minimum absolute atomic E-state index is 0.126. The lowest BCUT2D eigenvalue weighted by atomic mass is 9.94. The zero-order chi connectivity index (χ0) is 11.0. The SMILES string of the molecule is COC(CC1(C)C(OC)C1(C)C)OC. The molecule has 0 radical (unpaired) electrons. The van der Waals surface area contributed by atoms with Gasteiger partial charge in [-0.2, -0.15) is 0 Å². The van der Waals surface area contributed by atoms with Gasteiger partial charge in [-0.3, -0.25) is 0 Å². The molecule has 84 valence electrons.